The second kappa shape index (κ2) is 8.42. The second-order valence-corrected chi connectivity index (χ2v) is 8.65. The lowest BCUT2D eigenvalue weighted by atomic mass is 10.0. The number of carbonyl (C=O) groups is 1. The Bertz CT molecular complexity index is 1060. The number of nitrogens with zero attached hydrogens (tertiary/aromatic N) is 4. The minimum Gasteiger partial charge on any atom is -0.387 e. The molecule has 2 aromatic carbocycles. The van der Waals surface area contributed by atoms with E-state index in [4.69, 9.17) is 11.6 Å². The average Bonchev–Trinajstić information content (AvgIpc) is 3.42. The fourth-order valence-corrected chi connectivity index (χ4v) is 4.76. The van der Waals surface area contributed by atoms with Crippen molar-refractivity contribution < 1.29 is 9.90 Å². The molecule has 1 fully saturated rings. The van der Waals surface area contributed by atoms with E-state index in [9.17, 15) is 9.90 Å². The van der Waals surface area contributed by atoms with E-state index >= 15 is 0 Å². The molecule has 5 rings (SSSR count). The number of hydrogen-bond donors (Lipinski definition) is 2. The third kappa shape index (κ3) is 4.08. The number of likely N-dealkylation sites (tertiary alicyclic amines) is 1. The minimum atomic E-state index is -0.544. The predicted octanol–water partition coefficient (Wildman–Crippen LogP) is 3.21. The van der Waals surface area contributed by atoms with E-state index in [2.05, 4.69) is 20.1 Å². The van der Waals surface area contributed by atoms with Crippen LogP contribution in [0.1, 0.15) is 30.1 Å². The minimum absolute atomic E-state index is 0.157. The van der Waals surface area contributed by atoms with Gasteiger partial charge in [-0.15, -0.1) is 0 Å². The fourth-order valence-electron chi connectivity index (χ4n) is 4.63. The number of aromatic nitrogens is 3. The smallest absolute Gasteiger partial charge is 0.231 e. The summed E-state index contributed by atoms with van der Waals surface area (Å²) < 4.78 is 0. The predicted molar refractivity (Wildman–Crippen MR) is 119 cm³/mol. The molecule has 0 spiro atoms. The molecule has 1 saturated heterocycles. The number of aliphatic hydroxyl groups is 1. The van der Waals surface area contributed by atoms with Gasteiger partial charge in [-0.1, -0.05) is 23.7 Å². The zero-order valence-corrected chi connectivity index (χ0v) is 17.8. The number of benzene rings is 2. The molecule has 0 aliphatic carbocycles. The molecular weight excluding hydrogens is 414 g/mol. The van der Waals surface area contributed by atoms with E-state index in [1.165, 1.54) is 6.33 Å². The molecule has 2 aliphatic heterocycles. The number of anilines is 1. The number of hydrogen-bond acceptors (Lipinski definition) is 5. The van der Waals surface area contributed by atoms with Crippen LogP contribution in [-0.2, 0) is 11.2 Å². The van der Waals surface area contributed by atoms with Crippen molar-refractivity contribution >= 4 is 23.2 Å². The molecular formula is C23H24ClN5O2. The summed E-state index contributed by atoms with van der Waals surface area (Å²) in [6.45, 7) is 2.29. The van der Waals surface area contributed by atoms with Crippen LogP contribution in [0.4, 0.5) is 5.69 Å². The van der Waals surface area contributed by atoms with Gasteiger partial charge in [0.2, 0.25) is 5.91 Å². The van der Waals surface area contributed by atoms with Gasteiger partial charge in [0.1, 0.15) is 6.33 Å². The Hall–Kier alpha value is -2.74. The van der Waals surface area contributed by atoms with E-state index in [1.54, 1.807) is 12.1 Å². The standard InChI is InChI=1S/C23H24ClN5O2/c24-18-4-1-15(2-5-18)21(30)13-28-9-7-19(8-10-28)29-20-6-3-16(23-25-14-26-27-23)11-17(20)12-22(29)31/h1-6,11,14,19,21,30H,7-10,12-13H2,(H,25,26,27). The number of fused-ring (bicyclic) bond motifs is 1. The van der Waals surface area contributed by atoms with Crippen molar-refractivity contribution in [2.75, 3.05) is 24.5 Å². The van der Waals surface area contributed by atoms with Crippen molar-refractivity contribution in [3.05, 3.63) is 64.9 Å². The van der Waals surface area contributed by atoms with Gasteiger partial charge in [-0.2, -0.15) is 5.10 Å². The molecule has 8 heteroatoms. The van der Waals surface area contributed by atoms with E-state index in [-0.39, 0.29) is 11.9 Å². The maximum absolute atomic E-state index is 12.8. The third-order valence-electron chi connectivity index (χ3n) is 6.25. The van der Waals surface area contributed by atoms with Crippen molar-refractivity contribution in [1.82, 2.24) is 20.1 Å². The highest BCUT2D eigenvalue weighted by Gasteiger charge is 2.35. The molecule has 3 heterocycles. The maximum Gasteiger partial charge on any atom is 0.231 e. The molecule has 2 N–H and O–H groups in total. The van der Waals surface area contributed by atoms with E-state index < -0.39 is 6.10 Å². The molecule has 7 nitrogen and oxygen atoms in total. The van der Waals surface area contributed by atoms with Crippen molar-refractivity contribution in [2.45, 2.75) is 31.4 Å². The molecule has 1 unspecified atom stereocenters. The molecule has 160 valence electrons. The van der Waals surface area contributed by atoms with Gasteiger partial charge in [-0.25, -0.2) is 4.98 Å². The van der Waals surface area contributed by atoms with Crippen molar-refractivity contribution in [3.63, 3.8) is 0 Å². The number of carbonyl (C=O) groups excluding carboxylic acids is 1. The van der Waals surface area contributed by atoms with Crippen LogP contribution in [-0.4, -0.2) is 56.8 Å². The molecule has 2 aliphatic rings. The Labute approximate surface area is 185 Å². The fraction of sp³-hybridized carbons (Fsp3) is 0.348. The Morgan fingerprint density at radius 1 is 1.16 bits per heavy atom. The van der Waals surface area contributed by atoms with Gasteiger partial charge >= 0.3 is 0 Å². The van der Waals surface area contributed by atoms with Crippen LogP contribution in [0.15, 0.2) is 48.8 Å². The second-order valence-electron chi connectivity index (χ2n) is 8.22. The van der Waals surface area contributed by atoms with Crippen LogP contribution in [0.3, 0.4) is 0 Å². The van der Waals surface area contributed by atoms with Crippen molar-refractivity contribution in [3.8, 4) is 11.4 Å². The highest BCUT2D eigenvalue weighted by molar-refractivity contribution is 6.30. The van der Waals surface area contributed by atoms with Gasteiger partial charge in [0.15, 0.2) is 5.82 Å². The molecule has 0 radical (unpaired) electrons. The highest BCUT2D eigenvalue weighted by Crippen LogP contribution is 2.35. The van der Waals surface area contributed by atoms with Gasteiger partial charge in [-0.3, -0.25) is 9.89 Å². The molecule has 3 aromatic rings. The number of aliphatic hydroxyl groups excluding tert-OH is 1. The summed E-state index contributed by atoms with van der Waals surface area (Å²) in [4.78, 5) is 21.3. The van der Waals surface area contributed by atoms with Crippen LogP contribution >= 0.6 is 11.6 Å². The Morgan fingerprint density at radius 3 is 2.65 bits per heavy atom. The molecule has 31 heavy (non-hydrogen) atoms. The summed E-state index contributed by atoms with van der Waals surface area (Å²) in [6.07, 6.45) is 3.15. The van der Waals surface area contributed by atoms with E-state index in [0.29, 0.717) is 23.8 Å². The van der Waals surface area contributed by atoms with E-state index in [1.807, 2.05) is 35.2 Å². The van der Waals surface area contributed by atoms with Crippen molar-refractivity contribution in [1.29, 1.82) is 0 Å². The van der Waals surface area contributed by atoms with Crippen LogP contribution in [0.25, 0.3) is 11.4 Å². The van der Waals surface area contributed by atoms with Crippen LogP contribution in [0.2, 0.25) is 5.02 Å². The number of β-amino-alcohol motifs (C(OH)–C–C–N with tert-alkyl or cyclic N) is 1. The maximum atomic E-state index is 12.8. The highest BCUT2D eigenvalue weighted by atomic mass is 35.5. The van der Waals surface area contributed by atoms with Gasteiger partial charge in [0.05, 0.1) is 12.5 Å². The van der Waals surface area contributed by atoms with Crippen LogP contribution in [0, 0.1) is 0 Å². The van der Waals surface area contributed by atoms with Gasteiger partial charge < -0.3 is 14.9 Å². The monoisotopic (exact) mass is 437 g/mol. The SMILES string of the molecule is O=C1Cc2cc(-c3ncn[nH]3)ccc2N1C1CCN(CC(O)c2ccc(Cl)cc2)CC1. The lowest BCUT2D eigenvalue weighted by Crippen LogP contribution is -2.47. The number of piperidine rings is 1. The number of H-pyrrole nitrogens is 1. The number of halogens is 1. The summed E-state index contributed by atoms with van der Waals surface area (Å²) in [5.74, 6) is 0.866. The molecule has 0 bridgehead atoms. The number of nitrogens with one attached hydrogen (secondary N) is 1. The van der Waals surface area contributed by atoms with E-state index in [0.717, 1.165) is 48.3 Å². The summed E-state index contributed by atoms with van der Waals surface area (Å²) in [5, 5.41) is 18.0. The molecule has 1 amide bonds. The normalized spacial score (nSPS) is 18.4. The van der Waals surface area contributed by atoms with Gasteiger partial charge in [-0.05, 0) is 54.3 Å². The molecule has 0 saturated carbocycles. The lowest BCUT2D eigenvalue weighted by Gasteiger charge is -2.37. The lowest BCUT2D eigenvalue weighted by molar-refractivity contribution is -0.118. The first kappa shape index (κ1) is 20.2. The number of rotatable bonds is 5. The summed E-state index contributed by atoms with van der Waals surface area (Å²) in [5.41, 5.74) is 3.86. The van der Waals surface area contributed by atoms with Crippen LogP contribution in [0.5, 0.6) is 0 Å². The molecule has 1 aromatic heterocycles. The Balaban J connectivity index is 1.23. The van der Waals surface area contributed by atoms with Crippen molar-refractivity contribution in [2.24, 2.45) is 0 Å². The topological polar surface area (TPSA) is 85.4 Å². The number of amides is 1. The first-order valence-electron chi connectivity index (χ1n) is 10.5. The van der Waals surface area contributed by atoms with Gasteiger partial charge in [0, 0.05) is 41.9 Å². The Kier molecular flexibility index (Phi) is 5.48. The summed E-state index contributed by atoms with van der Waals surface area (Å²) in [7, 11) is 0. The zero-order valence-electron chi connectivity index (χ0n) is 17.0. The largest absolute Gasteiger partial charge is 0.387 e. The Morgan fingerprint density at radius 2 is 1.94 bits per heavy atom. The summed E-state index contributed by atoms with van der Waals surface area (Å²) in [6, 6.07) is 13.6. The molecule has 1 atom stereocenters. The van der Waals surface area contributed by atoms with Gasteiger partial charge in [0.25, 0.3) is 0 Å². The van der Waals surface area contributed by atoms with Crippen LogP contribution < -0.4 is 4.90 Å². The third-order valence-corrected chi connectivity index (χ3v) is 6.50. The summed E-state index contributed by atoms with van der Waals surface area (Å²) >= 11 is 5.94. The number of aromatic amines is 1. The average molecular weight is 438 g/mol. The quantitative estimate of drug-likeness (QED) is 0.640. The first-order valence-corrected chi connectivity index (χ1v) is 10.9. The zero-order chi connectivity index (χ0) is 21.4. The first-order chi connectivity index (χ1) is 15.1.